The van der Waals surface area contributed by atoms with Crippen LogP contribution in [0, 0.1) is 0 Å². The van der Waals surface area contributed by atoms with Crippen molar-refractivity contribution in [1.29, 1.82) is 0 Å². The van der Waals surface area contributed by atoms with Gasteiger partial charge in [0.2, 0.25) is 0 Å². The van der Waals surface area contributed by atoms with Gasteiger partial charge in [-0.05, 0) is 25.5 Å². The van der Waals surface area contributed by atoms with E-state index in [1.54, 1.807) is 31.3 Å². The summed E-state index contributed by atoms with van der Waals surface area (Å²) >= 11 is 0. The first-order valence-corrected chi connectivity index (χ1v) is 4.26. The van der Waals surface area contributed by atoms with Crippen LogP contribution in [0.2, 0.25) is 0 Å². The summed E-state index contributed by atoms with van der Waals surface area (Å²) in [6, 6.07) is 5.33. The molecule has 1 heterocycles. The first-order chi connectivity index (χ1) is 6.11. The molecule has 0 bridgehead atoms. The summed E-state index contributed by atoms with van der Waals surface area (Å²) in [6.07, 6.45) is 2.16. The molecule has 0 saturated heterocycles. The Bertz CT molecular complexity index is 297. The molecule has 0 amide bonds. The predicted octanol–water partition coefficient (Wildman–Crippen LogP) is 1.83. The Labute approximate surface area is 77.4 Å². The lowest BCUT2D eigenvalue weighted by atomic mass is 9.84. The lowest BCUT2D eigenvalue weighted by Crippen LogP contribution is -2.32. The second-order valence-electron chi connectivity index (χ2n) is 3.21. The highest BCUT2D eigenvalue weighted by atomic mass is 16.4. The summed E-state index contributed by atoms with van der Waals surface area (Å²) in [5.74, 6) is -0.825. The number of rotatable bonds is 3. The van der Waals surface area contributed by atoms with Crippen LogP contribution in [0.25, 0.3) is 0 Å². The normalized spacial score (nSPS) is 14.9. The van der Waals surface area contributed by atoms with E-state index in [-0.39, 0.29) is 0 Å². The standard InChI is InChI=1S/C10H13NO2/c1-3-10(2,9(12)13)8-6-4-5-7-11-8/h4-7H,3H2,1-2H3,(H,12,13). The SMILES string of the molecule is CCC(C)(C(=O)O)c1ccccn1. The van der Waals surface area contributed by atoms with E-state index in [4.69, 9.17) is 5.11 Å². The van der Waals surface area contributed by atoms with Crippen LogP contribution in [0.5, 0.6) is 0 Å². The van der Waals surface area contributed by atoms with Gasteiger partial charge in [0, 0.05) is 6.20 Å². The Morgan fingerprint density at radius 3 is 2.69 bits per heavy atom. The van der Waals surface area contributed by atoms with E-state index in [9.17, 15) is 4.79 Å². The van der Waals surface area contributed by atoms with Gasteiger partial charge in [0.25, 0.3) is 0 Å². The number of aliphatic carboxylic acids is 1. The fourth-order valence-electron chi connectivity index (χ4n) is 1.13. The number of carboxylic acids is 1. The first-order valence-electron chi connectivity index (χ1n) is 4.26. The number of nitrogens with zero attached hydrogens (tertiary/aromatic N) is 1. The Balaban J connectivity index is 3.11. The second-order valence-corrected chi connectivity index (χ2v) is 3.21. The molecule has 0 fully saturated rings. The molecular formula is C10H13NO2. The van der Waals surface area contributed by atoms with Crippen LogP contribution in [-0.4, -0.2) is 16.1 Å². The monoisotopic (exact) mass is 179 g/mol. The molecule has 3 heteroatoms. The third kappa shape index (κ3) is 1.69. The molecule has 1 aromatic heterocycles. The zero-order chi connectivity index (χ0) is 9.90. The average Bonchev–Trinajstić information content (AvgIpc) is 2.17. The number of aromatic nitrogens is 1. The molecule has 0 aliphatic rings. The van der Waals surface area contributed by atoms with Gasteiger partial charge in [0.15, 0.2) is 0 Å². The number of carbonyl (C=O) groups is 1. The van der Waals surface area contributed by atoms with Crippen LogP contribution in [0.3, 0.4) is 0 Å². The van der Waals surface area contributed by atoms with Gasteiger partial charge in [-0.3, -0.25) is 9.78 Å². The van der Waals surface area contributed by atoms with E-state index in [0.29, 0.717) is 12.1 Å². The van der Waals surface area contributed by atoms with Gasteiger partial charge in [-0.2, -0.15) is 0 Å². The largest absolute Gasteiger partial charge is 0.481 e. The smallest absolute Gasteiger partial charge is 0.315 e. The highest BCUT2D eigenvalue weighted by molar-refractivity contribution is 5.79. The minimum atomic E-state index is -0.860. The van der Waals surface area contributed by atoms with Crippen LogP contribution in [-0.2, 0) is 10.2 Å². The van der Waals surface area contributed by atoms with Crippen LogP contribution < -0.4 is 0 Å². The molecule has 0 spiro atoms. The number of hydrogen-bond acceptors (Lipinski definition) is 2. The zero-order valence-corrected chi connectivity index (χ0v) is 7.82. The summed E-state index contributed by atoms with van der Waals surface area (Å²) in [6.45, 7) is 3.54. The first kappa shape index (κ1) is 9.71. The van der Waals surface area contributed by atoms with Crippen molar-refractivity contribution in [3.63, 3.8) is 0 Å². The second kappa shape index (κ2) is 3.56. The topological polar surface area (TPSA) is 50.2 Å². The van der Waals surface area contributed by atoms with Crippen molar-refractivity contribution in [3.05, 3.63) is 30.1 Å². The van der Waals surface area contributed by atoms with Crippen molar-refractivity contribution >= 4 is 5.97 Å². The maximum atomic E-state index is 11.0. The van der Waals surface area contributed by atoms with Gasteiger partial charge in [-0.15, -0.1) is 0 Å². The highest BCUT2D eigenvalue weighted by Gasteiger charge is 2.34. The molecule has 0 saturated carbocycles. The van der Waals surface area contributed by atoms with E-state index < -0.39 is 11.4 Å². The van der Waals surface area contributed by atoms with Crippen molar-refractivity contribution in [2.45, 2.75) is 25.7 Å². The molecule has 1 unspecified atom stereocenters. The van der Waals surface area contributed by atoms with Crippen molar-refractivity contribution in [3.8, 4) is 0 Å². The third-order valence-electron chi connectivity index (χ3n) is 2.41. The molecule has 1 N–H and O–H groups in total. The van der Waals surface area contributed by atoms with Gasteiger partial charge < -0.3 is 5.11 Å². The van der Waals surface area contributed by atoms with Crippen LogP contribution in [0.4, 0.5) is 0 Å². The summed E-state index contributed by atoms with van der Waals surface area (Å²) in [5, 5.41) is 9.05. The molecule has 3 nitrogen and oxygen atoms in total. The van der Waals surface area contributed by atoms with Crippen molar-refractivity contribution in [2.75, 3.05) is 0 Å². The van der Waals surface area contributed by atoms with Crippen molar-refractivity contribution < 1.29 is 9.90 Å². The Kier molecular flexibility index (Phi) is 2.66. The number of hydrogen-bond donors (Lipinski definition) is 1. The van der Waals surface area contributed by atoms with Crippen molar-refractivity contribution in [1.82, 2.24) is 4.98 Å². The van der Waals surface area contributed by atoms with Gasteiger partial charge in [0.1, 0.15) is 5.41 Å². The minimum absolute atomic E-state index is 0.541. The highest BCUT2D eigenvalue weighted by Crippen LogP contribution is 2.25. The van der Waals surface area contributed by atoms with Gasteiger partial charge in [0.05, 0.1) is 5.69 Å². The zero-order valence-electron chi connectivity index (χ0n) is 7.82. The molecule has 0 radical (unpaired) electrons. The fourth-order valence-corrected chi connectivity index (χ4v) is 1.13. The Morgan fingerprint density at radius 1 is 1.62 bits per heavy atom. The Morgan fingerprint density at radius 2 is 2.31 bits per heavy atom. The van der Waals surface area contributed by atoms with E-state index >= 15 is 0 Å². The summed E-state index contributed by atoms with van der Waals surface area (Å²) in [7, 11) is 0. The molecule has 0 aromatic carbocycles. The Hall–Kier alpha value is -1.38. The molecule has 13 heavy (non-hydrogen) atoms. The van der Waals surface area contributed by atoms with Crippen LogP contribution >= 0.6 is 0 Å². The predicted molar refractivity (Wildman–Crippen MR) is 49.5 cm³/mol. The van der Waals surface area contributed by atoms with Crippen molar-refractivity contribution in [2.24, 2.45) is 0 Å². The van der Waals surface area contributed by atoms with Crippen LogP contribution in [0.15, 0.2) is 24.4 Å². The maximum Gasteiger partial charge on any atom is 0.315 e. The summed E-state index contributed by atoms with van der Waals surface area (Å²) in [5.41, 5.74) is -0.244. The van der Waals surface area contributed by atoms with Crippen LogP contribution in [0.1, 0.15) is 26.0 Å². The number of carboxylic acid groups (broad SMARTS) is 1. The summed E-state index contributed by atoms with van der Waals surface area (Å²) in [4.78, 5) is 15.1. The molecular weight excluding hydrogens is 166 g/mol. The molecule has 1 rings (SSSR count). The van der Waals surface area contributed by atoms with E-state index in [1.807, 2.05) is 6.92 Å². The average molecular weight is 179 g/mol. The quantitative estimate of drug-likeness (QED) is 0.770. The fraction of sp³-hybridized carbons (Fsp3) is 0.400. The maximum absolute atomic E-state index is 11.0. The lowest BCUT2D eigenvalue weighted by Gasteiger charge is -2.21. The van der Waals surface area contributed by atoms with Gasteiger partial charge >= 0.3 is 5.97 Å². The van der Waals surface area contributed by atoms with E-state index in [0.717, 1.165) is 0 Å². The van der Waals surface area contributed by atoms with E-state index in [1.165, 1.54) is 0 Å². The molecule has 1 atom stereocenters. The van der Waals surface area contributed by atoms with E-state index in [2.05, 4.69) is 4.98 Å². The molecule has 0 aliphatic heterocycles. The van der Waals surface area contributed by atoms with Gasteiger partial charge in [-0.1, -0.05) is 13.0 Å². The molecule has 1 aromatic rings. The molecule has 0 aliphatic carbocycles. The minimum Gasteiger partial charge on any atom is -0.481 e. The summed E-state index contributed by atoms with van der Waals surface area (Å²) < 4.78 is 0. The molecule has 70 valence electrons. The third-order valence-corrected chi connectivity index (χ3v) is 2.41. The lowest BCUT2D eigenvalue weighted by molar-refractivity contribution is -0.143. The number of pyridine rings is 1. The van der Waals surface area contributed by atoms with Gasteiger partial charge in [-0.25, -0.2) is 0 Å².